The molecule has 3 aromatic rings. The monoisotopic (exact) mass is 512 g/mol. The van der Waals surface area contributed by atoms with Crippen LogP contribution in [0.3, 0.4) is 0 Å². The molecule has 1 aliphatic heterocycles. The number of halogens is 1. The number of nitrogens with zero attached hydrogens (tertiary/aromatic N) is 3. The van der Waals surface area contributed by atoms with E-state index in [9.17, 15) is 24.0 Å². The van der Waals surface area contributed by atoms with Crippen LogP contribution in [-0.4, -0.2) is 46.1 Å². The largest absolute Gasteiger partial charge is 0.343 e. The fraction of sp³-hybridized carbons (Fsp3) is 0.267. The molecule has 3 aromatic carbocycles. The molecule has 1 N–H and O–H groups in total. The van der Waals surface area contributed by atoms with E-state index in [1.807, 2.05) is 31.2 Å². The quantitative estimate of drug-likeness (QED) is 0.520. The minimum absolute atomic E-state index is 0.0963. The number of benzene rings is 3. The van der Waals surface area contributed by atoms with Crippen LogP contribution in [0.15, 0.2) is 72.8 Å². The summed E-state index contributed by atoms with van der Waals surface area (Å²) in [7, 11) is 0. The Labute approximate surface area is 221 Å². The third-order valence-electron chi connectivity index (χ3n) is 7.04. The maximum Gasteiger partial charge on any atom is 0.255 e. The van der Waals surface area contributed by atoms with Crippen molar-refractivity contribution in [2.24, 2.45) is 0 Å². The summed E-state index contributed by atoms with van der Waals surface area (Å²) in [4.78, 5) is 43.4. The van der Waals surface area contributed by atoms with Crippen LogP contribution in [0.25, 0.3) is 0 Å². The third kappa shape index (κ3) is 5.73. The van der Waals surface area contributed by atoms with Gasteiger partial charge in [0.25, 0.3) is 11.8 Å². The lowest BCUT2D eigenvalue weighted by molar-refractivity contribution is -0.137. The zero-order chi connectivity index (χ0) is 27.3. The summed E-state index contributed by atoms with van der Waals surface area (Å²) in [5.41, 5.74) is 1.81. The van der Waals surface area contributed by atoms with E-state index >= 15 is 0 Å². The molecule has 1 saturated heterocycles. The summed E-state index contributed by atoms with van der Waals surface area (Å²) < 4.78 is 13.5. The molecular weight excluding hydrogens is 483 g/mol. The average Bonchev–Trinajstić information content (AvgIpc) is 2.93. The lowest BCUT2D eigenvalue weighted by atomic mass is 9.83. The first kappa shape index (κ1) is 26.6. The molecular formula is C30H29FN4O3. The highest BCUT2D eigenvalue weighted by atomic mass is 19.1. The van der Waals surface area contributed by atoms with Gasteiger partial charge in [-0.15, -0.1) is 0 Å². The highest BCUT2D eigenvalue weighted by Crippen LogP contribution is 2.34. The van der Waals surface area contributed by atoms with Crippen molar-refractivity contribution in [2.45, 2.75) is 38.8 Å². The third-order valence-corrected chi connectivity index (χ3v) is 7.04. The van der Waals surface area contributed by atoms with Crippen LogP contribution in [0, 0.1) is 24.1 Å². The summed E-state index contributed by atoms with van der Waals surface area (Å²) in [6, 6.07) is 21.5. The van der Waals surface area contributed by atoms with Crippen LogP contribution in [0.1, 0.15) is 46.8 Å². The van der Waals surface area contributed by atoms with Crippen molar-refractivity contribution in [2.75, 3.05) is 18.4 Å². The number of hydrogen-bond acceptors (Lipinski definition) is 4. The lowest BCUT2D eigenvalue weighted by Gasteiger charge is -2.47. The van der Waals surface area contributed by atoms with Crippen LogP contribution in [0.5, 0.6) is 0 Å². The molecule has 38 heavy (non-hydrogen) atoms. The molecule has 0 aromatic heterocycles. The second-order valence-corrected chi connectivity index (χ2v) is 9.56. The minimum Gasteiger partial charge on any atom is -0.343 e. The fourth-order valence-electron chi connectivity index (χ4n) is 4.73. The van der Waals surface area contributed by atoms with E-state index in [2.05, 4.69) is 11.4 Å². The molecule has 0 unspecified atom stereocenters. The molecule has 1 aliphatic rings. The van der Waals surface area contributed by atoms with Gasteiger partial charge in [0.1, 0.15) is 11.4 Å². The van der Waals surface area contributed by atoms with E-state index < -0.39 is 17.3 Å². The summed E-state index contributed by atoms with van der Waals surface area (Å²) in [5, 5.41) is 12.1. The Kier molecular flexibility index (Phi) is 7.87. The summed E-state index contributed by atoms with van der Waals surface area (Å²) in [6.07, 6.45) is 0.459. The van der Waals surface area contributed by atoms with Gasteiger partial charge in [-0.25, -0.2) is 4.39 Å². The van der Waals surface area contributed by atoms with Crippen LogP contribution in [0.4, 0.5) is 10.1 Å². The van der Waals surface area contributed by atoms with E-state index in [0.717, 1.165) is 11.1 Å². The molecule has 0 bridgehead atoms. The predicted molar refractivity (Wildman–Crippen MR) is 141 cm³/mol. The fourth-order valence-corrected chi connectivity index (χ4v) is 4.73. The van der Waals surface area contributed by atoms with Crippen molar-refractivity contribution in [3.05, 3.63) is 101 Å². The van der Waals surface area contributed by atoms with Crippen molar-refractivity contribution < 1.29 is 18.8 Å². The van der Waals surface area contributed by atoms with Gasteiger partial charge in [0, 0.05) is 37.8 Å². The molecule has 1 heterocycles. The molecule has 3 amide bonds. The predicted octanol–water partition coefficient (Wildman–Crippen LogP) is 4.67. The smallest absolute Gasteiger partial charge is 0.255 e. The van der Waals surface area contributed by atoms with Gasteiger partial charge in [-0.3, -0.25) is 14.4 Å². The Morgan fingerprint density at radius 2 is 1.58 bits per heavy atom. The lowest BCUT2D eigenvalue weighted by Crippen LogP contribution is -2.63. The van der Waals surface area contributed by atoms with E-state index in [0.29, 0.717) is 29.9 Å². The molecule has 8 heteroatoms. The standard InChI is InChI=1S/C30H29FN4O3/c1-21-3-5-24(6-4-21)20-35(28(37)25-9-7-23(19-32)8-10-25)30(15-17-34(18-16-30)22(2)36)29(38)33-27-13-11-26(31)12-14-27/h3-14H,15-18,20H2,1-2H3,(H,33,38). The number of carbonyl (C=O) groups is 3. The van der Waals surface area contributed by atoms with Crippen LogP contribution in [-0.2, 0) is 16.1 Å². The molecule has 0 spiro atoms. The Morgan fingerprint density at radius 3 is 2.13 bits per heavy atom. The zero-order valence-electron chi connectivity index (χ0n) is 21.4. The number of rotatable bonds is 6. The minimum atomic E-state index is -1.28. The molecule has 0 radical (unpaired) electrons. The zero-order valence-corrected chi connectivity index (χ0v) is 21.4. The molecule has 0 atom stereocenters. The second kappa shape index (κ2) is 11.3. The summed E-state index contributed by atoms with van der Waals surface area (Å²) in [6.45, 7) is 4.22. The SMILES string of the molecule is CC(=O)N1CCC(C(=O)Nc2ccc(F)cc2)(N(Cc2ccc(C)cc2)C(=O)c2ccc(C#N)cc2)CC1. The topological polar surface area (TPSA) is 93.5 Å². The molecule has 0 aliphatic carbocycles. The van der Waals surface area contributed by atoms with Gasteiger partial charge in [-0.05, 0) is 73.9 Å². The van der Waals surface area contributed by atoms with Crippen LogP contribution < -0.4 is 5.32 Å². The molecule has 1 fully saturated rings. The van der Waals surface area contributed by atoms with Crippen molar-refractivity contribution in [3.63, 3.8) is 0 Å². The van der Waals surface area contributed by atoms with Crippen LogP contribution in [0.2, 0.25) is 0 Å². The van der Waals surface area contributed by atoms with Gasteiger partial charge in [0.15, 0.2) is 0 Å². The Balaban J connectivity index is 1.77. The molecule has 194 valence electrons. The first-order valence-electron chi connectivity index (χ1n) is 12.4. The number of anilines is 1. The Morgan fingerprint density at radius 1 is 0.974 bits per heavy atom. The van der Waals surface area contributed by atoms with Crippen LogP contribution >= 0.6 is 0 Å². The van der Waals surface area contributed by atoms with E-state index in [4.69, 9.17) is 0 Å². The maximum absolute atomic E-state index is 14.1. The van der Waals surface area contributed by atoms with E-state index in [1.165, 1.54) is 31.2 Å². The van der Waals surface area contributed by atoms with Gasteiger partial charge in [-0.2, -0.15) is 5.26 Å². The first-order valence-corrected chi connectivity index (χ1v) is 12.4. The second-order valence-electron chi connectivity index (χ2n) is 9.56. The number of amides is 3. The highest BCUT2D eigenvalue weighted by Gasteiger charge is 2.49. The van der Waals surface area contributed by atoms with Gasteiger partial charge >= 0.3 is 0 Å². The van der Waals surface area contributed by atoms with Crippen molar-refractivity contribution >= 4 is 23.4 Å². The number of carbonyl (C=O) groups excluding carboxylic acids is 3. The van der Waals surface area contributed by atoms with Gasteiger partial charge < -0.3 is 15.1 Å². The normalized spacial score (nSPS) is 14.3. The van der Waals surface area contributed by atoms with Crippen molar-refractivity contribution in [3.8, 4) is 6.07 Å². The number of likely N-dealkylation sites (tertiary alicyclic amines) is 1. The number of nitrogens with one attached hydrogen (secondary N) is 1. The number of aryl methyl sites for hydroxylation is 1. The van der Waals surface area contributed by atoms with Gasteiger partial charge in [-0.1, -0.05) is 29.8 Å². The van der Waals surface area contributed by atoms with E-state index in [-0.39, 0.29) is 31.2 Å². The molecule has 4 rings (SSSR count). The first-order chi connectivity index (χ1) is 18.2. The van der Waals surface area contributed by atoms with Crippen molar-refractivity contribution in [1.29, 1.82) is 5.26 Å². The number of hydrogen-bond donors (Lipinski definition) is 1. The van der Waals surface area contributed by atoms with Crippen molar-refractivity contribution in [1.82, 2.24) is 9.80 Å². The maximum atomic E-state index is 14.1. The Hall–Kier alpha value is -4.51. The number of nitriles is 1. The van der Waals surface area contributed by atoms with Gasteiger partial charge in [0.05, 0.1) is 11.6 Å². The molecule has 0 saturated carbocycles. The average molecular weight is 513 g/mol. The van der Waals surface area contributed by atoms with Gasteiger partial charge in [0.2, 0.25) is 5.91 Å². The number of piperidine rings is 1. The molecule has 7 nitrogen and oxygen atoms in total. The highest BCUT2D eigenvalue weighted by molar-refractivity contribution is 6.04. The van der Waals surface area contributed by atoms with E-state index in [1.54, 1.807) is 34.1 Å². The summed E-state index contributed by atoms with van der Waals surface area (Å²) in [5.74, 6) is -1.28. The Bertz CT molecular complexity index is 1350. The summed E-state index contributed by atoms with van der Waals surface area (Å²) >= 11 is 0.